The van der Waals surface area contributed by atoms with Gasteiger partial charge in [0.05, 0.1) is 12.7 Å². The van der Waals surface area contributed by atoms with Crippen molar-refractivity contribution in [3.63, 3.8) is 0 Å². The van der Waals surface area contributed by atoms with E-state index in [0.29, 0.717) is 24.7 Å². The van der Waals surface area contributed by atoms with E-state index in [1.54, 1.807) is 0 Å². The second-order valence-corrected chi connectivity index (χ2v) is 5.43. The number of hydrogen-bond donors (Lipinski definition) is 0. The zero-order chi connectivity index (χ0) is 13.7. The van der Waals surface area contributed by atoms with Gasteiger partial charge < -0.3 is 4.74 Å². The van der Waals surface area contributed by atoms with E-state index >= 15 is 0 Å². The van der Waals surface area contributed by atoms with Gasteiger partial charge in [-0.3, -0.25) is 4.79 Å². The molecule has 1 fully saturated rings. The lowest BCUT2D eigenvalue weighted by Gasteiger charge is -2.26. The maximum Gasteiger partial charge on any atom is 0.165 e. The van der Waals surface area contributed by atoms with Gasteiger partial charge >= 0.3 is 0 Å². The maximum atomic E-state index is 12.7. The zero-order valence-electron chi connectivity index (χ0n) is 11.4. The van der Waals surface area contributed by atoms with Crippen LogP contribution in [0.5, 0.6) is 0 Å². The SMILES string of the molecule is CC1CCC(OCCC(=O)c2ccc(F)cc2)CC1. The van der Waals surface area contributed by atoms with Crippen LogP contribution in [0.2, 0.25) is 0 Å². The number of halogens is 1. The third-order valence-corrected chi connectivity index (χ3v) is 3.81. The van der Waals surface area contributed by atoms with Crippen LogP contribution in [-0.2, 0) is 4.74 Å². The Morgan fingerprint density at radius 1 is 1.21 bits per heavy atom. The Balaban J connectivity index is 1.70. The zero-order valence-corrected chi connectivity index (χ0v) is 11.4. The molecule has 0 saturated heterocycles. The molecule has 1 aliphatic rings. The van der Waals surface area contributed by atoms with Crippen molar-refractivity contribution in [3.8, 4) is 0 Å². The predicted molar refractivity (Wildman–Crippen MR) is 72.7 cm³/mol. The Bertz CT molecular complexity index is 405. The summed E-state index contributed by atoms with van der Waals surface area (Å²) in [6, 6.07) is 5.69. The summed E-state index contributed by atoms with van der Waals surface area (Å²) in [7, 11) is 0. The van der Waals surface area contributed by atoms with E-state index in [1.165, 1.54) is 37.1 Å². The van der Waals surface area contributed by atoms with E-state index in [0.717, 1.165) is 18.8 Å². The van der Waals surface area contributed by atoms with Crippen molar-refractivity contribution in [1.82, 2.24) is 0 Å². The van der Waals surface area contributed by atoms with Crippen molar-refractivity contribution in [2.24, 2.45) is 5.92 Å². The van der Waals surface area contributed by atoms with E-state index < -0.39 is 0 Å². The van der Waals surface area contributed by atoms with Crippen molar-refractivity contribution in [3.05, 3.63) is 35.6 Å². The van der Waals surface area contributed by atoms with Crippen LogP contribution in [0.15, 0.2) is 24.3 Å². The smallest absolute Gasteiger partial charge is 0.165 e. The number of carbonyl (C=O) groups excluding carboxylic acids is 1. The summed E-state index contributed by atoms with van der Waals surface area (Å²) in [5, 5.41) is 0. The Kier molecular flexibility index (Phi) is 5.08. The lowest BCUT2D eigenvalue weighted by atomic mass is 9.89. The minimum atomic E-state index is -0.316. The molecule has 0 amide bonds. The van der Waals surface area contributed by atoms with E-state index in [2.05, 4.69) is 6.92 Å². The molecule has 0 N–H and O–H groups in total. The monoisotopic (exact) mass is 264 g/mol. The Morgan fingerprint density at radius 3 is 2.47 bits per heavy atom. The molecule has 1 aliphatic carbocycles. The molecule has 1 aromatic rings. The Hall–Kier alpha value is -1.22. The van der Waals surface area contributed by atoms with Gasteiger partial charge in [0.1, 0.15) is 5.82 Å². The fourth-order valence-corrected chi connectivity index (χ4v) is 2.49. The molecule has 19 heavy (non-hydrogen) atoms. The number of rotatable bonds is 5. The molecular weight excluding hydrogens is 243 g/mol. The van der Waals surface area contributed by atoms with Crippen LogP contribution in [0.1, 0.15) is 49.4 Å². The van der Waals surface area contributed by atoms with Crippen LogP contribution >= 0.6 is 0 Å². The lowest BCUT2D eigenvalue weighted by Crippen LogP contribution is -2.21. The quantitative estimate of drug-likeness (QED) is 0.751. The molecule has 0 radical (unpaired) electrons. The number of ether oxygens (including phenoxy) is 1. The van der Waals surface area contributed by atoms with Crippen LogP contribution in [0.3, 0.4) is 0 Å². The molecule has 1 saturated carbocycles. The molecule has 0 heterocycles. The highest BCUT2D eigenvalue weighted by molar-refractivity contribution is 5.96. The third-order valence-electron chi connectivity index (χ3n) is 3.81. The van der Waals surface area contributed by atoms with Gasteiger partial charge in [0.2, 0.25) is 0 Å². The molecule has 0 aromatic heterocycles. The highest BCUT2D eigenvalue weighted by Crippen LogP contribution is 2.25. The van der Waals surface area contributed by atoms with Crippen LogP contribution in [0.25, 0.3) is 0 Å². The van der Waals surface area contributed by atoms with Crippen LogP contribution in [-0.4, -0.2) is 18.5 Å². The molecule has 2 rings (SSSR count). The van der Waals surface area contributed by atoms with E-state index in [9.17, 15) is 9.18 Å². The van der Waals surface area contributed by atoms with Crippen molar-refractivity contribution >= 4 is 5.78 Å². The first kappa shape index (κ1) is 14.2. The number of ketones is 1. The molecule has 3 heteroatoms. The minimum Gasteiger partial charge on any atom is -0.378 e. The fourth-order valence-electron chi connectivity index (χ4n) is 2.49. The van der Waals surface area contributed by atoms with Crippen LogP contribution < -0.4 is 0 Å². The number of hydrogen-bond acceptors (Lipinski definition) is 2. The molecule has 0 atom stereocenters. The van der Waals surface area contributed by atoms with Crippen molar-refractivity contribution in [1.29, 1.82) is 0 Å². The lowest BCUT2D eigenvalue weighted by molar-refractivity contribution is 0.0192. The maximum absolute atomic E-state index is 12.7. The molecule has 1 aromatic carbocycles. The van der Waals surface area contributed by atoms with E-state index in [4.69, 9.17) is 4.74 Å². The van der Waals surface area contributed by atoms with Gasteiger partial charge in [-0.2, -0.15) is 0 Å². The Morgan fingerprint density at radius 2 is 1.84 bits per heavy atom. The fraction of sp³-hybridized carbons (Fsp3) is 0.562. The summed E-state index contributed by atoms with van der Waals surface area (Å²) < 4.78 is 18.5. The first-order valence-electron chi connectivity index (χ1n) is 7.05. The molecular formula is C16H21FO2. The van der Waals surface area contributed by atoms with Crippen molar-refractivity contribution in [2.75, 3.05) is 6.61 Å². The van der Waals surface area contributed by atoms with Gasteiger partial charge in [0, 0.05) is 12.0 Å². The van der Waals surface area contributed by atoms with Crippen molar-refractivity contribution in [2.45, 2.75) is 45.1 Å². The normalized spacial score (nSPS) is 23.3. The standard InChI is InChI=1S/C16H21FO2/c1-12-2-8-15(9-3-12)19-11-10-16(18)13-4-6-14(17)7-5-13/h4-7,12,15H,2-3,8-11H2,1H3. The summed E-state index contributed by atoms with van der Waals surface area (Å²) in [5.74, 6) is 0.508. The summed E-state index contributed by atoms with van der Waals surface area (Å²) in [6.07, 6.45) is 5.33. The van der Waals surface area contributed by atoms with Crippen molar-refractivity contribution < 1.29 is 13.9 Å². The molecule has 2 nitrogen and oxygen atoms in total. The summed E-state index contributed by atoms with van der Waals surface area (Å²) in [6.45, 7) is 2.74. The van der Waals surface area contributed by atoms with Gasteiger partial charge in [0.25, 0.3) is 0 Å². The van der Waals surface area contributed by atoms with Gasteiger partial charge in [-0.05, 0) is 55.9 Å². The van der Waals surface area contributed by atoms with E-state index in [-0.39, 0.29) is 11.6 Å². The molecule has 0 unspecified atom stereocenters. The molecule has 0 bridgehead atoms. The predicted octanol–water partition coefficient (Wildman–Crippen LogP) is 3.99. The highest BCUT2D eigenvalue weighted by Gasteiger charge is 2.18. The first-order chi connectivity index (χ1) is 9.15. The first-order valence-corrected chi connectivity index (χ1v) is 7.05. The summed E-state index contributed by atoms with van der Waals surface area (Å²) in [4.78, 5) is 11.8. The topological polar surface area (TPSA) is 26.3 Å². The van der Waals surface area contributed by atoms with Gasteiger partial charge in [-0.15, -0.1) is 0 Å². The number of carbonyl (C=O) groups is 1. The third kappa shape index (κ3) is 4.43. The average Bonchev–Trinajstić information content (AvgIpc) is 2.41. The number of Topliss-reactive ketones (excluding diaryl/α,β-unsaturated/α-hetero) is 1. The molecule has 104 valence electrons. The second kappa shape index (κ2) is 6.80. The largest absolute Gasteiger partial charge is 0.378 e. The van der Waals surface area contributed by atoms with Gasteiger partial charge in [0.15, 0.2) is 5.78 Å². The van der Waals surface area contributed by atoms with Gasteiger partial charge in [-0.25, -0.2) is 4.39 Å². The molecule has 0 spiro atoms. The van der Waals surface area contributed by atoms with Crippen LogP contribution in [0.4, 0.5) is 4.39 Å². The highest BCUT2D eigenvalue weighted by atomic mass is 19.1. The number of benzene rings is 1. The average molecular weight is 264 g/mol. The van der Waals surface area contributed by atoms with Gasteiger partial charge in [-0.1, -0.05) is 6.92 Å². The van der Waals surface area contributed by atoms with E-state index in [1.807, 2.05) is 0 Å². The summed E-state index contributed by atoms with van der Waals surface area (Å²) in [5.41, 5.74) is 0.558. The minimum absolute atomic E-state index is 0.0178. The second-order valence-electron chi connectivity index (χ2n) is 5.43. The molecule has 0 aliphatic heterocycles. The van der Waals surface area contributed by atoms with Crippen LogP contribution in [0, 0.1) is 11.7 Å². The summed E-state index contributed by atoms with van der Waals surface area (Å²) >= 11 is 0. The Labute approximate surface area is 114 Å².